The van der Waals surface area contributed by atoms with Crippen LogP contribution in [-0.4, -0.2) is 26.2 Å². The highest BCUT2D eigenvalue weighted by atomic mass is 16.5. The van der Waals surface area contributed by atoms with Crippen LogP contribution >= 0.6 is 0 Å². The van der Waals surface area contributed by atoms with Crippen LogP contribution in [0, 0.1) is 0 Å². The lowest BCUT2D eigenvalue weighted by atomic mass is 10.0. The standard InChI is InChI=1S/C21H23NO3/c1-3-7-16-11-12-19(20(14-16)24-2)25-15-21(23)22-13-6-9-17-8-4-5-10-18(17)22/h3-5,7-8,10-12,14H,6,9,13,15H2,1-2H3/b7-3+. The van der Waals surface area contributed by atoms with Crippen molar-refractivity contribution in [3.8, 4) is 11.5 Å². The lowest BCUT2D eigenvalue weighted by molar-refractivity contribution is -0.120. The number of nitrogens with zero attached hydrogens (tertiary/aromatic N) is 1. The van der Waals surface area contributed by atoms with Crippen LogP contribution in [0.2, 0.25) is 0 Å². The molecule has 1 aliphatic heterocycles. The van der Waals surface area contributed by atoms with Gasteiger partial charge >= 0.3 is 0 Å². The molecule has 0 fully saturated rings. The molecule has 1 heterocycles. The molecule has 4 nitrogen and oxygen atoms in total. The predicted molar refractivity (Wildman–Crippen MR) is 100 cm³/mol. The van der Waals surface area contributed by atoms with Crippen molar-refractivity contribution in [1.29, 1.82) is 0 Å². The molecule has 2 aromatic rings. The fourth-order valence-electron chi connectivity index (χ4n) is 3.11. The van der Waals surface area contributed by atoms with Gasteiger partial charge in [-0.15, -0.1) is 0 Å². The van der Waals surface area contributed by atoms with Gasteiger partial charge < -0.3 is 14.4 Å². The van der Waals surface area contributed by atoms with Crippen LogP contribution in [0.5, 0.6) is 11.5 Å². The van der Waals surface area contributed by atoms with Crippen molar-refractivity contribution in [2.24, 2.45) is 0 Å². The van der Waals surface area contributed by atoms with E-state index in [-0.39, 0.29) is 12.5 Å². The van der Waals surface area contributed by atoms with Gasteiger partial charge in [-0.2, -0.15) is 0 Å². The highest BCUT2D eigenvalue weighted by Crippen LogP contribution is 2.30. The molecule has 0 aromatic heterocycles. The molecule has 130 valence electrons. The number of carbonyl (C=O) groups excluding carboxylic acids is 1. The predicted octanol–water partition coefficient (Wildman–Crippen LogP) is 4.09. The highest BCUT2D eigenvalue weighted by Gasteiger charge is 2.22. The molecule has 4 heteroatoms. The zero-order chi connectivity index (χ0) is 17.6. The summed E-state index contributed by atoms with van der Waals surface area (Å²) in [6.07, 6.45) is 5.94. The first-order valence-electron chi connectivity index (χ1n) is 8.54. The van der Waals surface area contributed by atoms with E-state index in [0.29, 0.717) is 11.5 Å². The van der Waals surface area contributed by atoms with Crippen LogP contribution in [0.3, 0.4) is 0 Å². The Labute approximate surface area is 148 Å². The molecular weight excluding hydrogens is 314 g/mol. The first kappa shape index (κ1) is 17.1. The summed E-state index contributed by atoms with van der Waals surface area (Å²) >= 11 is 0. The van der Waals surface area contributed by atoms with Gasteiger partial charge in [0.05, 0.1) is 7.11 Å². The number of anilines is 1. The number of para-hydroxylation sites is 1. The van der Waals surface area contributed by atoms with E-state index in [4.69, 9.17) is 9.47 Å². The summed E-state index contributed by atoms with van der Waals surface area (Å²) in [6, 6.07) is 13.7. The molecule has 2 aromatic carbocycles. The monoisotopic (exact) mass is 337 g/mol. The normalized spacial score (nSPS) is 13.6. The number of methoxy groups -OCH3 is 1. The van der Waals surface area contributed by atoms with E-state index in [1.807, 2.05) is 60.4 Å². The van der Waals surface area contributed by atoms with E-state index in [0.717, 1.165) is 30.6 Å². The molecular formula is C21H23NO3. The molecule has 25 heavy (non-hydrogen) atoms. The number of amides is 1. The Morgan fingerprint density at radius 3 is 2.84 bits per heavy atom. The topological polar surface area (TPSA) is 38.8 Å². The Balaban J connectivity index is 1.71. The Kier molecular flexibility index (Phi) is 5.39. The van der Waals surface area contributed by atoms with E-state index in [1.165, 1.54) is 5.56 Å². The summed E-state index contributed by atoms with van der Waals surface area (Å²) in [5, 5.41) is 0. The molecule has 3 rings (SSSR count). The summed E-state index contributed by atoms with van der Waals surface area (Å²) in [7, 11) is 1.60. The van der Waals surface area contributed by atoms with Gasteiger partial charge in [-0.05, 0) is 49.1 Å². The van der Waals surface area contributed by atoms with Gasteiger partial charge in [-0.1, -0.05) is 36.4 Å². The molecule has 0 N–H and O–H groups in total. The maximum absolute atomic E-state index is 12.7. The molecule has 0 atom stereocenters. The quantitative estimate of drug-likeness (QED) is 0.825. The largest absolute Gasteiger partial charge is 0.493 e. The lowest BCUT2D eigenvalue weighted by Gasteiger charge is -2.29. The summed E-state index contributed by atoms with van der Waals surface area (Å²) < 4.78 is 11.1. The zero-order valence-corrected chi connectivity index (χ0v) is 14.7. The molecule has 0 radical (unpaired) electrons. The zero-order valence-electron chi connectivity index (χ0n) is 14.7. The van der Waals surface area contributed by atoms with Gasteiger partial charge in [0.25, 0.3) is 5.91 Å². The van der Waals surface area contributed by atoms with Crippen molar-refractivity contribution >= 4 is 17.7 Å². The molecule has 1 amide bonds. The molecule has 0 saturated heterocycles. The second kappa shape index (κ2) is 7.88. The van der Waals surface area contributed by atoms with Crippen molar-refractivity contribution in [3.63, 3.8) is 0 Å². The van der Waals surface area contributed by atoms with Gasteiger partial charge in [0.2, 0.25) is 0 Å². The van der Waals surface area contributed by atoms with Crippen molar-refractivity contribution in [1.82, 2.24) is 0 Å². The number of hydrogen-bond acceptors (Lipinski definition) is 3. The van der Waals surface area contributed by atoms with Gasteiger partial charge in [0.15, 0.2) is 18.1 Å². The average molecular weight is 337 g/mol. The molecule has 0 saturated carbocycles. The highest BCUT2D eigenvalue weighted by molar-refractivity contribution is 5.95. The van der Waals surface area contributed by atoms with Crippen molar-refractivity contribution < 1.29 is 14.3 Å². The number of rotatable bonds is 5. The minimum absolute atomic E-state index is 0.00629. The first-order chi connectivity index (χ1) is 12.2. The fraction of sp³-hybridized carbons (Fsp3) is 0.286. The van der Waals surface area contributed by atoms with E-state index >= 15 is 0 Å². The molecule has 1 aliphatic rings. The molecule has 0 bridgehead atoms. The third-order valence-electron chi connectivity index (χ3n) is 4.31. The van der Waals surface area contributed by atoms with Crippen LogP contribution in [0.15, 0.2) is 48.5 Å². The first-order valence-corrected chi connectivity index (χ1v) is 8.54. The van der Waals surface area contributed by atoms with E-state index in [2.05, 4.69) is 6.07 Å². The van der Waals surface area contributed by atoms with E-state index < -0.39 is 0 Å². The number of fused-ring (bicyclic) bond motifs is 1. The Bertz CT molecular complexity index is 782. The summed E-state index contributed by atoms with van der Waals surface area (Å²) in [5.41, 5.74) is 3.25. The second-order valence-electron chi connectivity index (χ2n) is 5.98. The molecule has 0 aliphatic carbocycles. The summed E-state index contributed by atoms with van der Waals surface area (Å²) in [6.45, 7) is 2.69. The molecule has 0 unspecified atom stereocenters. The van der Waals surface area contributed by atoms with Crippen molar-refractivity contribution in [3.05, 3.63) is 59.7 Å². The maximum Gasteiger partial charge on any atom is 0.264 e. The SMILES string of the molecule is C/C=C/c1ccc(OCC(=O)N2CCCc3ccccc32)c(OC)c1. The third kappa shape index (κ3) is 3.85. The minimum atomic E-state index is -0.0354. The Hall–Kier alpha value is -2.75. The van der Waals surface area contributed by atoms with Gasteiger partial charge in [-0.3, -0.25) is 4.79 Å². The van der Waals surface area contributed by atoms with Gasteiger partial charge in [0, 0.05) is 12.2 Å². The number of ether oxygens (including phenoxy) is 2. The van der Waals surface area contributed by atoms with E-state index in [1.54, 1.807) is 7.11 Å². The van der Waals surface area contributed by atoms with Crippen molar-refractivity contribution in [2.75, 3.05) is 25.2 Å². The Morgan fingerprint density at radius 1 is 1.20 bits per heavy atom. The van der Waals surface area contributed by atoms with Crippen LogP contribution < -0.4 is 14.4 Å². The second-order valence-corrected chi connectivity index (χ2v) is 5.98. The summed E-state index contributed by atoms with van der Waals surface area (Å²) in [4.78, 5) is 14.5. The fourth-order valence-corrected chi connectivity index (χ4v) is 3.11. The van der Waals surface area contributed by atoms with E-state index in [9.17, 15) is 4.79 Å². The molecule has 0 spiro atoms. The van der Waals surface area contributed by atoms with Crippen LogP contribution in [-0.2, 0) is 11.2 Å². The maximum atomic E-state index is 12.7. The van der Waals surface area contributed by atoms with Crippen LogP contribution in [0.1, 0.15) is 24.5 Å². The van der Waals surface area contributed by atoms with Gasteiger partial charge in [-0.25, -0.2) is 0 Å². The number of carbonyl (C=O) groups is 1. The number of benzene rings is 2. The van der Waals surface area contributed by atoms with Gasteiger partial charge in [0.1, 0.15) is 0 Å². The Morgan fingerprint density at radius 2 is 2.04 bits per heavy atom. The van der Waals surface area contributed by atoms with Crippen LogP contribution in [0.4, 0.5) is 5.69 Å². The number of hydrogen-bond donors (Lipinski definition) is 0. The number of allylic oxidation sites excluding steroid dienone is 1. The smallest absolute Gasteiger partial charge is 0.264 e. The number of aryl methyl sites for hydroxylation is 1. The average Bonchev–Trinajstić information content (AvgIpc) is 2.66. The summed E-state index contributed by atoms with van der Waals surface area (Å²) in [5.74, 6) is 1.17. The van der Waals surface area contributed by atoms with Crippen molar-refractivity contribution in [2.45, 2.75) is 19.8 Å². The van der Waals surface area contributed by atoms with Crippen LogP contribution in [0.25, 0.3) is 6.08 Å². The minimum Gasteiger partial charge on any atom is -0.493 e. The third-order valence-corrected chi connectivity index (χ3v) is 4.31. The lowest BCUT2D eigenvalue weighted by Crippen LogP contribution is -2.38.